The van der Waals surface area contributed by atoms with E-state index in [4.69, 9.17) is 21.3 Å². The highest BCUT2D eigenvalue weighted by molar-refractivity contribution is 6.30. The molecule has 0 spiro atoms. The summed E-state index contributed by atoms with van der Waals surface area (Å²) in [5, 5.41) is 8.76. The number of pyridine rings is 2. The number of aromatic nitrogens is 4. The van der Waals surface area contributed by atoms with Crippen LogP contribution in [-0.4, -0.2) is 50.1 Å². The average molecular weight is 443 g/mol. The summed E-state index contributed by atoms with van der Waals surface area (Å²) in [6.07, 6.45) is 4.90. The number of piperidine rings is 1. The third-order valence-corrected chi connectivity index (χ3v) is 5.46. The van der Waals surface area contributed by atoms with Crippen molar-refractivity contribution < 1.29 is 9.53 Å². The molecule has 8 nitrogen and oxygen atoms in total. The number of carbonyl (C=O) groups is 1. The Hall–Kier alpha value is -2.87. The summed E-state index contributed by atoms with van der Waals surface area (Å²) in [6, 6.07) is 7.93. The summed E-state index contributed by atoms with van der Waals surface area (Å²) in [5.41, 5.74) is 0.327. The molecule has 1 N–H and O–H groups in total. The number of alkyl carbamates (subject to hydrolysis) is 1. The number of hydrogen-bond donors (Lipinski definition) is 1. The maximum absolute atomic E-state index is 12.2. The van der Waals surface area contributed by atoms with Crippen molar-refractivity contribution in [1.29, 1.82) is 0 Å². The second kappa shape index (κ2) is 8.34. The van der Waals surface area contributed by atoms with Gasteiger partial charge in [0, 0.05) is 36.3 Å². The summed E-state index contributed by atoms with van der Waals surface area (Å²) in [4.78, 5) is 23.4. The van der Waals surface area contributed by atoms with Gasteiger partial charge in [0.05, 0.1) is 11.7 Å². The highest BCUT2D eigenvalue weighted by Gasteiger charge is 2.29. The third-order valence-electron chi connectivity index (χ3n) is 5.25. The first-order chi connectivity index (χ1) is 14.7. The molecule has 0 aromatic carbocycles. The van der Waals surface area contributed by atoms with Crippen molar-refractivity contribution >= 4 is 34.4 Å². The van der Waals surface area contributed by atoms with Crippen molar-refractivity contribution in [2.75, 3.05) is 11.4 Å². The number of hydrogen-bond acceptors (Lipinski definition) is 6. The standard InChI is InChI=1S/C22H27ClN6O2/c1-14-8-9-16(26-21(30)31-22(2,3)4)13-28(14)19-6-5-7-20(27-19)29-17-10-18(23)24-11-15(17)12-25-29/h5-7,10-12,14,16H,8-9,13H2,1-4H3,(H,26,30). The monoisotopic (exact) mass is 442 g/mol. The minimum atomic E-state index is -0.521. The second-order valence-electron chi connectivity index (χ2n) is 8.90. The van der Waals surface area contributed by atoms with E-state index in [0.29, 0.717) is 23.6 Å². The Kier molecular flexibility index (Phi) is 5.75. The fourth-order valence-electron chi connectivity index (χ4n) is 3.79. The van der Waals surface area contributed by atoms with Crippen LogP contribution >= 0.6 is 11.6 Å². The van der Waals surface area contributed by atoms with Crippen LogP contribution in [-0.2, 0) is 4.74 Å². The molecule has 1 aliphatic heterocycles. The van der Waals surface area contributed by atoms with Crippen LogP contribution in [0.5, 0.6) is 0 Å². The molecule has 1 fully saturated rings. The Morgan fingerprint density at radius 3 is 2.77 bits per heavy atom. The number of nitrogens with zero attached hydrogens (tertiary/aromatic N) is 5. The van der Waals surface area contributed by atoms with Crippen LogP contribution in [0.1, 0.15) is 40.5 Å². The van der Waals surface area contributed by atoms with Gasteiger partial charge in [-0.3, -0.25) is 0 Å². The Bertz CT molecular complexity index is 1090. The molecule has 2 unspecified atom stereocenters. The minimum Gasteiger partial charge on any atom is -0.444 e. The smallest absolute Gasteiger partial charge is 0.407 e. The first-order valence-corrected chi connectivity index (χ1v) is 10.8. The number of amides is 1. The topological polar surface area (TPSA) is 85.2 Å². The molecule has 31 heavy (non-hydrogen) atoms. The van der Waals surface area contributed by atoms with Gasteiger partial charge < -0.3 is 15.0 Å². The molecule has 1 aliphatic rings. The molecule has 0 aliphatic carbocycles. The highest BCUT2D eigenvalue weighted by Crippen LogP contribution is 2.26. The Morgan fingerprint density at radius 1 is 1.23 bits per heavy atom. The molecule has 4 heterocycles. The largest absolute Gasteiger partial charge is 0.444 e. The van der Waals surface area contributed by atoms with E-state index in [0.717, 1.165) is 29.6 Å². The van der Waals surface area contributed by atoms with Gasteiger partial charge in [-0.1, -0.05) is 17.7 Å². The van der Waals surface area contributed by atoms with E-state index in [-0.39, 0.29) is 12.1 Å². The second-order valence-corrected chi connectivity index (χ2v) is 9.29. The van der Waals surface area contributed by atoms with Crippen LogP contribution in [0, 0.1) is 0 Å². The van der Waals surface area contributed by atoms with E-state index >= 15 is 0 Å². The zero-order valence-corrected chi connectivity index (χ0v) is 18.9. The van der Waals surface area contributed by atoms with Gasteiger partial charge in [-0.15, -0.1) is 0 Å². The van der Waals surface area contributed by atoms with E-state index < -0.39 is 5.60 Å². The number of halogens is 1. The molecule has 3 aromatic heterocycles. The summed E-state index contributed by atoms with van der Waals surface area (Å²) in [7, 11) is 0. The van der Waals surface area contributed by atoms with Crippen LogP contribution in [0.4, 0.5) is 10.6 Å². The highest BCUT2D eigenvalue weighted by atomic mass is 35.5. The molecular formula is C22H27ClN6O2. The van der Waals surface area contributed by atoms with Crippen LogP contribution in [0.15, 0.2) is 36.7 Å². The number of carbonyl (C=O) groups excluding carboxylic acids is 1. The lowest BCUT2D eigenvalue weighted by molar-refractivity contribution is 0.0497. The maximum atomic E-state index is 12.2. The van der Waals surface area contributed by atoms with Crippen molar-refractivity contribution in [1.82, 2.24) is 25.1 Å². The van der Waals surface area contributed by atoms with Gasteiger partial charge in [0.25, 0.3) is 0 Å². The van der Waals surface area contributed by atoms with Crippen LogP contribution in [0.25, 0.3) is 16.7 Å². The van der Waals surface area contributed by atoms with Gasteiger partial charge in [0.15, 0.2) is 5.82 Å². The van der Waals surface area contributed by atoms with Crippen molar-refractivity contribution in [3.05, 3.63) is 41.8 Å². The molecule has 1 saturated heterocycles. The number of ether oxygens (including phenoxy) is 1. The molecule has 3 aromatic rings. The summed E-state index contributed by atoms with van der Waals surface area (Å²) in [6.45, 7) is 8.41. The quantitative estimate of drug-likeness (QED) is 0.607. The summed E-state index contributed by atoms with van der Waals surface area (Å²) in [5.74, 6) is 1.54. The Morgan fingerprint density at radius 2 is 2.00 bits per heavy atom. The first-order valence-electron chi connectivity index (χ1n) is 10.4. The minimum absolute atomic E-state index is 0.00748. The third kappa shape index (κ3) is 4.90. The van der Waals surface area contributed by atoms with E-state index in [2.05, 4.69) is 27.2 Å². The lowest BCUT2D eigenvalue weighted by Crippen LogP contribution is -2.52. The fraction of sp³-hybridized carbons (Fsp3) is 0.455. The molecule has 164 valence electrons. The van der Waals surface area contributed by atoms with Crippen molar-refractivity contribution in [2.45, 2.75) is 58.2 Å². The molecule has 9 heteroatoms. The van der Waals surface area contributed by atoms with Crippen molar-refractivity contribution in [3.8, 4) is 5.82 Å². The molecule has 2 atom stereocenters. The van der Waals surface area contributed by atoms with Crippen molar-refractivity contribution in [2.24, 2.45) is 0 Å². The molecular weight excluding hydrogens is 416 g/mol. The number of rotatable bonds is 3. The molecule has 0 radical (unpaired) electrons. The molecule has 0 bridgehead atoms. The van der Waals surface area contributed by atoms with E-state index in [1.807, 2.05) is 39.0 Å². The van der Waals surface area contributed by atoms with E-state index in [1.165, 1.54) is 0 Å². The van der Waals surface area contributed by atoms with E-state index in [1.54, 1.807) is 23.1 Å². The Balaban J connectivity index is 1.56. The van der Waals surface area contributed by atoms with Crippen LogP contribution in [0.3, 0.4) is 0 Å². The first kappa shape index (κ1) is 21.4. The van der Waals surface area contributed by atoms with Gasteiger partial charge in [0.2, 0.25) is 0 Å². The number of fused-ring (bicyclic) bond motifs is 1. The lowest BCUT2D eigenvalue weighted by atomic mass is 9.99. The van der Waals surface area contributed by atoms with Gasteiger partial charge in [0.1, 0.15) is 16.6 Å². The fourth-order valence-corrected chi connectivity index (χ4v) is 3.94. The SMILES string of the molecule is CC1CCC(NC(=O)OC(C)(C)C)CN1c1cccc(-n2ncc3cnc(Cl)cc32)n1. The van der Waals surface area contributed by atoms with Gasteiger partial charge >= 0.3 is 6.09 Å². The molecule has 1 amide bonds. The lowest BCUT2D eigenvalue weighted by Gasteiger charge is -2.39. The zero-order chi connectivity index (χ0) is 22.2. The Labute approximate surface area is 186 Å². The van der Waals surface area contributed by atoms with Crippen LogP contribution in [0.2, 0.25) is 5.15 Å². The number of nitrogens with one attached hydrogen (secondary N) is 1. The summed E-state index contributed by atoms with van der Waals surface area (Å²) < 4.78 is 7.18. The normalized spacial score (nSPS) is 19.5. The van der Waals surface area contributed by atoms with Gasteiger partial charge in [-0.25, -0.2) is 19.4 Å². The maximum Gasteiger partial charge on any atom is 0.407 e. The van der Waals surface area contributed by atoms with Gasteiger partial charge in [-0.2, -0.15) is 5.10 Å². The zero-order valence-electron chi connectivity index (χ0n) is 18.2. The predicted molar refractivity (Wildman–Crippen MR) is 121 cm³/mol. The average Bonchev–Trinajstić information content (AvgIpc) is 3.11. The molecule has 4 rings (SSSR count). The molecule has 0 saturated carbocycles. The van der Waals surface area contributed by atoms with E-state index in [9.17, 15) is 4.79 Å². The number of anilines is 1. The van der Waals surface area contributed by atoms with Gasteiger partial charge in [-0.05, 0) is 52.7 Å². The van der Waals surface area contributed by atoms with Crippen molar-refractivity contribution in [3.63, 3.8) is 0 Å². The summed E-state index contributed by atoms with van der Waals surface area (Å²) >= 11 is 6.08. The van der Waals surface area contributed by atoms with Crippen LogP contribution < -0.4 is 10.2 Å². The predicted octanol–water partition coefficient (Wildman–Crippen LogP) is 4.35.